The second-order valence-electron chi connectivity index (χ2n) is 9.92. The largest absolute Gasteiger partial charge is 0.444 e. The van der Waals surface area contributed by atoms with Crippen molar-refractivity contribution >= 4 is 29.2 Å². The van der Waals surface area contributed by atoms with E-state index in [-0.39, 0.29) is 24.8 Å². The molecule has 4 rings (SSSR count). The van der Waals surface area contributed by atoms with Crippen molar-refractivity contribution in [2.45, 2.75) is 39.3 Å². The van der Waals surface area contributed by atoms with Gasteiger partial charge in [-0.3, -0.25) is 4.79 Å². The average molecular weight is 537 g/mol. The molecular weight excluding hydrogens is 507 g/mol. The molecule has 0 aliphatic carbocycles. The minimum atomic E-state index is -0.646. The first kappa shape index (κ1) is 27.0. The topological polar surface area (TPSA) is 111 Å². The minimum absolute atomic E-state index is 0.249. The lowest BCUT2D eigenvalue weighted by molar-refractivity contribution is 0.00556. The summed E-state index contributed by atoms with van der Waals surface area (Å²) in [5.41, 5.74) is 0.802. The SMILES string of the molecule is Cc1nc(C(=O)N2CCN(C(=O)OC(C)(C)C)C[C@@H]2CNc2ccc(C#N)cn2)c(-c2ccc(F)cc2)s1. The van der Waals surface area contributed by atoms with Gasteiger partial charge in [-0.2, -0.15) is 5.26 Å². The summed E-state index contributed by atoms with van der Waals surface area (Å²) in [6, 6.07) is 10.9. The molecule has 0 bridgehead atoms. The first-order chi connectivity index (χ1) is 18.0. The Kier molecular flexibility index (Phi) is 7.92. The van der Waals surface area contributed by atoms with E-state index >= 15 is 0 Å². The first-order valence-corrected chi connectivity index (χ1v) is 13.0. The molecule has 11 heteroatoms. The summed E-state index contributed by atoms with van der Waals surface area (Å²) in [7, 11) is 0. The maximum atomic E-state index is 13.9. The Bertz CT molecular complexity index is 1350. The molecule has 0 saturated carbocycles. The fourth-order valence-corrected chi connectivity index (χ4v) is 5.00. The fraction of sp³-hybridized carbons (Fsp3) is 0.370. The molecular formula is C27H29FN6O3S. The quantitative estimate of drug-likeness (QED) is 0.503. The third-order valence-electron chi connectivity index (χ3n) is 5.85. The van der Waals surface area contributed by atoms with E-state index in [2.05, 4.69) is 15.3 Å². The van der Waals surface area contributed by atoms with Crippen molar-refractivity contribution in [3.8, 4) is 16.5 Å². The van der Waals surface area contributed by atoms with E-state index < -0.39 is 17.7 Å². The summed E-state index contributed by atoms with van der Waals surface area (Å²) in [6.07, 6.45) is 1.02. The normalized spacial score (nSPS) is 15.6. The summed E-state index contributed by atoms with van der Waals surface area (Å²) in [5, 5.41) is 13.0. The van der Waals surface area contributed by atoms with Crippen LogP contribution in [-0.2, 0) is 4.74 Å². The summed E-state index contributed by atoms with van der Waals surface area (Å²) in [4.78, 5) is 39.4. The monoisotopic (exact) mass is 536 g/mol. The highest BCUT2D eigenvalue weighted by atomic mass is 32.1. The molecule has 1 aromatic carbocycles. The number of pyridine rings is 1. The van der Waals surface area contributed by atoms with Crippen molar-refractivity contribution in [3.63, 3.8) is 0 Å². The Morgan fingerprint density at radius 2 is 1.95 bits per heavy atom. The van der Waals surface area contributed by atoms with Crippen LogP contribution in [0.4, 0.5) is 15.0 Å². The zero-order valence-corrected chi connectivity index (χ0v) is 22.5. The number of rotatable bonds is 5. The highest BCUT2D eigenvalue weighted by Crippen LogP contribution is 2.32. The maximum absolute atomic E-state index is 13.9. The number of ether oxygens (including phenoxy) is 1. The van der Waals surface area contributed by atoms with Gasteiger partial charge in [-0.05, 0) is 57.5 Å². The van der Waals surface area contributed by atoms with Gasteiger partial charge in [0, 0.05) is 32.4 Å². The smallest absolute Gasteiger partial charge is 0.410 e. The molecule has 1 fully saturated rings. The van der Waals surface area contributed by atoms with E-state index in [0.29, 0.717) is 40.6 Å². The molecule has 38 heavy (non-hydrogen) atoms. The highest BCUT2D eigenvalue weighted by Gasteiger charge is 2.36. The van der Waals surface area contributed by atoms with Gasteiger partial charge in [0.15, 0.2) is 0 Å². The third-order valence-corrected chi connectivity index (χ3v) is 6.87. The number of carbonyl (C=O) groups is 2. The molecule has 1 aliphatic heterocycles. The Morgan fingerprint density at radius 1 is 1.21 bits per heavy atom. The van der Waals surface area contributed by atoms with Gasteiger partial charge in [-0.1, -0.05) is 12.1 Å². The predicted molar refractivity (Wildman–Crippen MR) is 142 cm³/mol. The number of nitrogens with zero attached hydrogens (tertiary/aromatic N) is 5. The molecule has 1 aliphatic rings. The molecule has 2 amide bonds. The van der Waals surface area contributed by atoms with Gasteiger partial charge in [0.25, 0.3) is 5.91 Å². The van der Waals surface area contributed by atoms with Gasteiger partial charge >= 0.3 is 6.09 Å². The van der Waals surface area contributed by atoms with Gasteiger partial charge in [0.1, 0.15) is 29.0 Å². The van der Waals surface area contributed by atoms with E-state index in [0.717, 1.165) is 5.01 Å². The van der Waals surface area contributed by atoms with Gasteiger partial charge < -0.3 is 19.9 Å². The third kappa shape index (κ3) is 6.44. The van der Waals surface area contributed by atoms with Crippen LogP contribution in [0.1, 0.15) is 41.8 Å². The number of thiazole rings is 1. The molecule has 0 spiro atoms. The van der Waals surface area contributed by atoms with Crippen LogP contribution in [0.3, 0.4) is 0 Å². The van der Waals surface area contributed by atoms with Crippen molar-refractivity contribution in [3.05, 3.63) is 64.7 Å². The lowest BCUT2D eigenvalue weighted by atomic mass is 10.1. The van der Waals surface area contributed by atoms with Crippen molar-refractivity contribution < 1.29 is 18.7 Å². The number of carbonyl (C=O) groups excluding carboxylic acids is 2. The lowest BCUT2D eigenvalue weighted by Crippen LogP contribution is -2.59. The van der Waals surface area contributed by atoms with E-state index in [4.69, 9.17) is 10.00 Å². The van der Waals surface area contributed by atoms with Crippen molar-refractivity contribution in [2.75, 3.05) is 31.5 Å². The van der Waals surface area contributed by atoms with Crippen LogP contribution in [0.5, 0.6) is 0 Å². The summed E-state index contributed by atoms with van der Waals surface area (Å²) in [6.45, 7) is 8.39. The molecule has 3 heterocycles. The summed E-state index contributed by atoms with van der Waals surface area (Å²) in [5.74, 6) is -0.0805. The van der Waals surface area contributed by atoms with Gasteiger partial charge in [0.05, 0.1) is 21.5 Å². The lowest BCUT2D eigenvalue weighted by Gasteiger charge is -2.41. The molecule has 1 saturated heterocycles. The fourth-order valence-electron chi connectivity index (χ4n) is 4.08. The average Bonchev–Trinajstić information content (AvgIpc) is 3.28. The Labute approximate surface area is 224 Å². The van der Waals surface area contributed by atoms with E-state index in [1.807, 2.05) is 33.8 Å². The number of anilines is 1. The van der Waals surface area contributed by atoms with Crippen LogP contribution in [0, 0.1) is 24.1 Å². The van der Waals surface area contributed by atoms with Crippen molar-refractivity contribution in [1.82, 2.24) is 19.8 Å². The molecule has 0 unspecified atom stereocenters. The van der Waals surface area contributed by atoms with E-state index in [1.165, 1.54) is 29.7 Å². The van der Waals surface area contributed by atoms with Crippen LogP contribution in [0.15, 0.2) is 42.6 Å². The number of hydrogen-bond acceptors (Lipinski definition) is 8. The van der Waals surface area contributed by atoms with E-state index in [9.17, 15) is 14.0 Å². The summed E-state index contributed by atoms with van der Waals surface area (Å²) >= 11 is 1.37. The first-order valence-electron chi connectivity index (χ1n) is 12.2. The van der Waals surface area contributed by atoms with E-state index in [1.54, 1.807) is 34.1 Å². The number of piperazine rings is 1. The van der Waals surface area contributed by atoms with Gasteiger partial charge in [0.2, 0.25) is 0 Å². The second kappa shape index (κ2) is 11.1. The molecule has 2 aromatic heterocycles. The van der Waals surface area contributed by atoms with Gasteiger partial charge in [-0.25, -0.2) is 19.2 Å². The van der Waals surface area contributed by atoms with Crippen molar-refractivity contribution in [2.24, 2.45) is 0 Å². The van der Waals surface area contributed by atoms with Crippen LogP contribution in [-0.4, -0.2) is 69.6 Å². The zero-order valence-electron chi connectivity index (χ0n) is 21.7. The molecule has 198 valence electrons. The number of aromatic nitrogens is 2. The Morgan fingerprint density at radius 3 is 2.58 bits per heavy atom. The Hall–Kier alpha value is -4.04. The maximum Gasteiger partial charge on any atom is 0.410 e. The van der Waals surface area contributed by atoms with Crippen LogP contribution in [0.25, 0.3) is 10.4 Å². The number of nitrogens with one attached hydrogen (secondary N) is 1. The number of amides is 2. The standard InChI is InChI=1S/C27H29FN6O3S/c1-17-32-23(24(38-17)19-6-8-20(28)9-7-19)25(35)34-12-11-33(26(36)37-27(2,3)4)16-21(34)15-31-22-10-5-18(13-29)14-30-22/h5-10,14,21H,11-12,15-16H2,1-4H3,(H,30,31)/t21-/m0/s1. The minimum Gasteiger partial charge on any atom is -0.444 e. The molecule has 3 aromatic rings. The van der Waals surface area contributed by atoms with Crippen molar-refractivity contribution in [1.29, 1.82) is 5.26 Å². The van der Waals surface area contributed by atoms with Gasteiger partial charge in [-0.15, -0.1) is 11.3 Å². The highest BCUT2D eigenvalue weighted by molar-refractivity contribution is 7.15. The second-order valence-corrected chi connectivity index (χ2v) is 11.1. The van der Waals surface area contributed by atoms with Crippen LogP contribution < -0.4 is 5.32 Å². The number of hydrogen-bond donors (Lipinski definition) is 1. The molecule has 0 radical (unpaired) electrons. The predicted octanol–water partition coefficient (Wildman–Crippen LogP) is 4.70. The molecule has 1 N–H and O–H groups in total. The van der Waals surface area contributed by atoms with Crippen LogP contribution in [0.2, 0.25) is 0 Å². The Balaban J connectivity index is 1.59. The summed E-state index contributed by atoms with van der Waals surface area (Å²) < 4.78 is 19.1. The number of nitriles is 1. The van der Waals surface area contributed by atoms with Crippen LogP contribution >= 0.6 is 11.3 Å². The zero-order chi connectivity index (χ0) is 27.4. The molecule has 9 nitrogen and oxygen atoms in total. The number of aryl methyl sites for hydroxylation is 1. The molecule has 1 atom stereocenters. The number of halogens is 1. The number of benzene rings is 1.